The molecule has 0 heterocycles. The number of aryl methyl sites for hydroxylation is 1. The second kappa shape index (κ2) is 9.10. The first-order chi connectivity index (χ1) is 14.7. The fourth-order valence-electron chi connectivity index (χ4n) is 3.35. The van der Waals surface area contributed by atoms with Crippen LogP contribution in [0, 0.1) is 6.92 Å². The molecule has 1 N–H and O–H groups in total. The van der Waals surface area contributed by atoms with Gasteiger partial charge in [-0.2, -0.15) is 0 Å². The lowest BCUT2D eigenvalue weighted by Gasteiger charge is -2.18. The van der Waals surface area contributed by atoms with Gasteiger partial charge in [0.1, 0.15) is 11.5 Å². The molecule has 0 radical (unpaired) electrons. The standard InChI is InChI=1S/C27H23NO2/c1-20-12-16-24(17-13-20)30-25-18-14-23(15-19-25)28-27(29)26(21-8-4-2-5-9-21)22-10-6-3-7-11-22/h2-19,26H,1H3,(H,28,29). The van der Waals surface area contributed by atoms with Crippen LogP contribution in [0.15, 0.2) is 109 Å². The van der Waals surface area contributed by atoms with Crippen molar-refractivity contribution in [1.29, 1.82) is 0 Å². The summed E-state index contributed by atoms with van der Waals surface area (Å²) in [6, 6.07) is 35.0. The maximum atomic E-state index is 13.2. The molecule has 0 aliphatic rings. The van der Waals surface area contributed by atoms with Crippen LogP contribution in [-0.4, -0.2) is 5.91 Å². The fraction of sp³-hybridized carbons (Fsp3) is 0.0741. The molecule has 4 rings (SSSR count). The lowest BCUT2D eigenvalue weighted by Crippen LogP contribution is -2.22. The summed E-state index contributed by atoms with van der Waals surface area (Å²) in [5.74, 6) is 1.06. The highest BCUT2D eigenvalue weighted by molar-refractivity contribution is 5.98. The van der Waals surface area contributed by atoms with Gasteiger partial charge < -0.3 is 10.1 Å². The summed E-state index contributed by atoms with van der Waals surface area (Å²) in [7, 11) is 0. The number of hydrogen-bond donors (Lipinski definition) is 1. The summed E-state index contributed by atoms with van der Waals surface area (Å²) in [5.41, 5.74) is 3.83. The first-order valence-electron chi connectivity index (χ1n) is 9.94. The second-order valence-electron chi connectivity index (χ2n) is 7.18. The van der Waals surface area contributed by atoms with Crippen LogP contribution in [0.4, 0.5) is 5.69 Å². The summed E-state index contributed by atoms with van der Waals surface area (Å²) in [5, 5.41) is 3.04. The van der Waals surface area contributed by atoms with Gasteiger partial charge in [-0.05, 0) is 54.4 Å². The van der Waals surface area contributed by atoms with Crippen molar-refractivity contribution in [2.24, 2.45) is 0 Å². The van der Waals surface area contributed by atoms with Crippen LogP contribution in [0.1, 0.15) is 22.6 Å². The summed E-state index contributed by atoms with van der Waals surface area (Å²) in [6.45, 7) is 2.04. The predicted molar refractivity (Wildman–Crippen MR) is 121 cm³/mol. The minimum Gasteiger partial charge on any atom is -0.457 e. The van der Waals surface area contributed by atoms with E-state index in [-0.39, 0.29) is 11.8 Å². The normalized spacial score (nSPS) is 10.6. The molecule has 0 atom stereocenters. The third-order valence-electron chi connectivity index (χ3n) is 4.91. The van der Waals surface area contributed by atoms with E-state index in [0.29, 0.717) is 0 Å². The third-order valence-corrected chi connectivity index (χ3v) is 4.91. The quantitative estimate of drug-likeness (QED) is 0.403. The summed E-state index contributed by atoms with van der Waals surface area (Å²) in [6.07, 6.45) is 0. The molecular formula is C27H23NO2. The molecule has 0 aliphatic heterocycles. The Kier molecular flexibility index (Phi) is 5.90. The van der Waals surface area contributed by atoms with E-state index in [9.17, 15) is 4.79 Å². The fourth-order valence-corrected chi connectivity index (χ4v) is 3.35. The van der Waals surface area contributed by atoms with Crippen LogP contribution < -0.4 is 10.1 Å². The lowest BCUT2D eigenvalue weighted by atomic mass is 9.90. The van der Waals surface area contributed by atoms with Gasteiger partial charge in [0.15, 0.2) is 0 Å². The molecule has 4 aromatic rings. The Morgan fingerprint density at radius 1 is 0.667 bits per heavy atom. The van der Waals surface area contributed by atoms with E-state index in [1.165, 1.54) is 5.56 Å². The first kappa shape index (κ1) is 19.5. The zero-order valence-electron chi connectivity index (χ0n) is 16.8. The van der Waals surface area contributed by atoms with Crippen LogP contribution in [0.3, 0.4) is 0 Å². The smallest absolute Gasteiger partial charge is 0.236 e. The van der Waals surface area contributed by atoms with E-state index in [0.717, 1.165) is 28.3 Å². The van der Waals surface area contributed by atoms with Crippen LogP contribution in [-0.2, 0) is 4.79 Å². The second-order valence-corrected chi connectivity index (χ2v) is 7.18. The largest absolute Gasteiger partial charge is 0.457 e. The van der Waals surface area contributed by atoms with Crippen LogP contribution in [0.2, 0.25) is 0 Å². The molecular weight excluding hydrogens is 370 g/mol. The highest BCUT2D eigenvalue weighted by Gasteiger charge is 2.22. The number of anilines is 1. The Morgan fingerprint density at radius 2 is 1.13 bits per heavy atom. The van der Waals surface area contributed by atoms with Gasteiger partial charge in [0.25, 0.3) is 0 Å². The predicted octanol–water partition coefficient (Wildman–Crippen LogP) is 6.56. The van der Waals surface area contributed by atoms with Gasteiger partial charge in [0.05, 0.1) is 5.92 Å². The van der Waals surface area contributed by atoms with Gasteiger partial charge in [-0.15, -0.1) is 0 Å². The van der Waals surface area contributed by atoms with E-state index in [2.05, 4.69) is 5.32 Å². The Hall–Kier alpha value is -3.85. The third kappa shape index (κ3) is 4.76. The number of nitrogens with one attached hydrogen (secondary N) is 1. The van der Waals surface area contributed by atoms with Crippen molar-refractivity contribution in [3.05, 3.63) is 126 Å². The van der Waals surface area contributed by atoms with Crippen molar-refractivity contribution in [2.75, 3.05) is 5.32 Å². The van der Waals surface area contributed by atoms with Gasteiger partial charge >= 0.3 is 0 Å². The molecule has 0 fully saturated rings. The minimum atomic E-state index is -0.379. The molecule has 0 bridgehead atoms. The van der Waals surface area contributed by atoms with E-state index in [1.807, 2.05) is 116 Å². The summed E-state index contributed by atoms with van der Waals surface area (Å²) >= 11 is 0. The van der Waals surface area contributed by atoms with E-state index >= 15 is 0 Å². The molecule has 3 heteroatoms. The molecule has 1 amide bonds. The SMILES string of the molecule is Cc1ccc(Oc2ccc(NC(=O)C(c3ccccc3)c3ccccc3)cc2)cc1. The lowest BCUT2D eigenvalue weighted by molar-refractivity contribution is -0.116. The molecule has 4 aromatic carbocycles. The summed E-state index contributed by atoms with van der Waals surface area (Å²) < 4.78 is 5.87. The van der Waals surface area contributed by atoms with Gasteiger partial charge in [0.2, 0.25) is 5.91 Å². The Morgan fingerprint density at radius 3 is 1.63 bits per heavy atom. The maximum Gasteiger partial charge on any atom is 0.236 e. The minimum absolute atomic E-state index is 0.0698. The number of amides is 1. The van der Waals surface area contributed by atoms with Crippen molar-refractivity contribution in [3.63, 3.8) is 0 Å². The van der Waals surface area contributed by atoms with Crippen molar-refractivity contribution in [1.82, 2.24) is 0 Å². The number of carbonyl (C=O) groups excluding carboxylic acids is 1. The van der Waals surface area contributed by atoms with E-state index in [1.54, 1.807) is 0 Å². The Bertz CT molecular complexity index is 1050. The number of carbonyl (C=O) groups is 1. The van der Waals surface area contributed by atoms with Crippen molar-refractivity contribution >= 4 is 11.6 Å². The zero-order valence-corrected chi connectivity index (χ0v) is 16.8. The Labute approximate surface area is 177 Å². The van der Waals surface area contributed by atoms with Crippen LogP contribution in [0.5, 0.6) is 11.5 Å². The van der Waals surface area contributed by atoms with E-state index in [4.69, 9.17) is 4.74 Å². The highest BCUT2D eigenvalue weighted by Crippen LogP contribution is 2.27. The topological polar surface area (TPSA) is 38.3 Å². The molecule has 0 aliphatic carbocycles. The number of hydrogen-bond acceptors (Lipinski definition) is 2. The molecule has 0 unspecified atom stereocenters. The van der Waals surface area contributed by atoms with Gasteiger partial charge in [0, 0.05) is 5.69 Å². The van der Waals surface area contributed by atoms with Crippen molar-refractivity contribution < 1.29 is 9.53 Å². The average Bonchev–Trinajstić information content (AvgIpc) is 2.78. The summed E-state index contributed by atoms with van der Waals surface area (Å²) in [4.78, 5) is 13.2. The molecule has 3 nitrogen and oxygen atoms in total. The highest BCUT2D eigenvalue weighted by atomic mass is 16.5. The van der Waals surface area contributed by atoms with Gasteiger partial charge in [-0.25, -0.2) is 0 Å². The maximum absolute atomic E-state index is 13.2. The number of benzene rings is 4. The van der Waals surface area contributed by atoms with Gasteiger partial charge in [-0.1, -0.05) is 78.4 Å². The zero-order chi connectivity index (χ0) is 20.8. The average molecular weight is 393 g/mol. The molecule has 0 spiro atoms. The van der Waals surface area contributed by atoms with Crippen LogP contribution in [0.25, 0.3) is 0 Å². The molecule has 0 saturated heterocycles. The molecule has 0 saturated carbocycles. The van der Waals surface area contributed by atoms with Gasteiger partial charge in [-0.3, -0.25) is 4.79 Å². The number of rotatable bonds is 6. The van der Waals surface area contributed by atoms with Crippen molar-refractivity contribution in [3.8, 4) is 11.5 Å². The first-order valence-corrected chi connectivity index (χ1v) is 9.94. The Balaban J connectivity index is 1.50. The molecule has 148 valence electrons. The van der Waals surface area contributed by atoms with Crippen LogP contribution >= 0.6 is 0 Å². The molecule has 30 heavy (non-hydrogen) atoms. The van der Waals surface area contributed by atoms with Crippen molar-refractivity contribution in [2.45, 2.75) is 12.8 Å². The monoisotopic (exact) mass is 393 g/mol. The van der Waals surface area contributed by atoms with E-state index < -0.39 is 0 Å². The molecule has 0 aromatic heterocycles. The number of ether oxygens (including phenoxy) is 1.